The summed E-state index contributed by atoms with van der Waals surface area (Å²) in [5.41, 5.74) is 0. The molecule has 6 heteroatoms. The Labute approximate surface area is 74.9 Å². The number of hydrogen-bond acceptors (Lipinski definition) is 4. The zero-order valence-electron chi connectivity index (χ0n) is 6.99. The van der Waals surface area contributed by atoms with Crippen LogP contribution in [0.5, 0.6) is 0 Å². The lowest BCUT2D eigenvalue weighted by molar-refractivity contribution is 0.118. The summed E-state index contributed by atoms with van der Waals surface area (Å²) in [5, 5.41) is 10.8. The van der Waals surface area contributed by atoms with Crippen molar-refractivity contribution in [1.29, 1.82) is 0 Å². The van der Waals surface area contributed by atoms with Gasteiger partial charge in [-0.3, -0.25) is 0 Å². The molecule has 0 aliphatic carbocycles. The highest BCUT2D eigenvalue weighted by atomic mass is 16.6. The van der Waals surface area contributed by atoms with Crippen LogP contribution in [0.4, 0.5) is 4.79 Å². The molecule has 0 bridgehead atoms. The number of nitrogens with zero attached hydrogens (tertiary/aromatic N) is 1. The average molecular weight is 185 g/mol. The van der Waals surface area contributed by atoms with Gasteiger partial charge in [0.25, 0.3) is 0 Å². The fourth-order valence-electron chi connectivity index (χ4n) is 0.740. The van der Waals surface area contributed by atoms with Crippen LogP contribution >= 0.6 is 0 Å². The van der Waals surface area contributed by atoms with Gasteiger partial charge in [-0.1, -0.05) is 0 Å². The van der Waals surface area contributed by atoms with E-state index in [1.807, 2.05) is 0 Å². The van der Waals surface area contributed by atoms with E-state index >= 15 is 0 Å². The van der Waals surface area contributed by atoms with Crippen LogP contribution in [0.1, 0.15) is 5.82 Å². The average Bonchev–Trinajstić information content (AvgIpc) is 2.64. The summed E-state index contributed by atoms with van der Waals surface area (Å²) in [6.45, 7) is 0.120. The van der Waals surface area contributed by atoms with Crippen molar-refractivity contribution in [2.75, 3.05) is 13.2 Å². The van der Waals surface area contributed by atoms with Crippen molar-refractivity contribution in [3.05, 3.63) is 18.2 Å². The summed E-state index contributed by atoms with van der Waals surface area (Å²) in [7, 11) is 0. The van der Waals surface area contributed by atoms with Gasteiger partial charge in [0.1, 0.15) is 12.4 Å². The second-order valence-corrected chi connectivity index (χ2v) is 2.25. The van der Waals surface area contributed by atoms with E-state index < -0.39 is 6.09 Å². The third-order valence-corrected chi connectivity index (χ3v) is 1.28. The molecule has 1 heterocycles. The van der Waals surface area contributed by atoms with Crippen LogP contribution < -0.4 is 5.32 Å². The van der Waals surface area contributed by atoms with Crippen LogP contribution in [0, 0.1) is 0 Å². The molecule has 1 amide bonds. The van der Waals surface area contributed by atoms with Crippen LogP contribution in [-0.2, 0) is 11.3 Å². The molecule has 0 saturated heterocycles. The van der Waals surface area contributed by atoms with E-state index in [1.165, 1.54) is 0 Å². The first kappa shape index (κ1) is 9.53. The first-order chi connectivity index (χ1) is 6.33. The molecule has 1 aromatic heterocycles. The lowest BCUT2D eigenvalue weighted by atomic mass is 10.6. The molecule has 0 atom stereocenters. The molecule has 0 radical (unpaired) electrons. The standard InChI is InChI=1S/C7H11N3O3/c11-3-4-13-7(12)10-5-6-8-1-2-9-6/h1-2,11H,3-5H2,(H,8,9)(H,10,12). The molecule has 0 aliphatic heterocycles. The highest BCUT2D eigenvalue weighted by Gasteiger charge is 2.01. The predicted molar refractivity (Wildman–Crippen MR) is 43.9 cm³/mol. The number of aliphatic hydroxyl groups is 1. The van der Waals surface area contributed by atoms with Crippen LogP contribution in [0.3, 0.4) is 0 Å². The van der Waals surface area contributed by atoms with E-state index in [4.69, 9.17) is 5.11 Å². The summed E-state index contributed by atoms with van der Waals surface area (Å²) >= 11 is 0. The van der Waals surface area contributed by atoms with Gasteiger partial charge < -0.3 is 20.1 Å². The molecule has 0 aromatic carbocycles. The van der Waals surface area contributed by atoms with Gasteiger partial charge >= 0.3 is 6.09 Å². The Bertz CT molecular complexity index is 247. The molecule has 72 valence electrons. The fourth-order valence-corrected chi connectivity index (χ4v) is 0.740. The van der Waals surface area contributed by atoms with Gasteiger partial charge in [-0.05, 0) is 0 Å². The van der Waals surface area contributed by atoms with E-state index in [9.17, 15) is 4.79 Å². The Morgan fingerprint density at radius 3 is 3.23 bits per heavy atom. The van der Waals surface area contributed by atoms with Gasteiger partial charge in [0, 0.05) is 12.4 Å². The number of ether oxygens (including phenoxy) is 1. The number of rotatable bonds is 4. The van der Waals surface area contributed by atoms with Crippen LogP contribution in [-0.4, -0.2) is 34.4 Å². The van der Waals surface area contributed by atoms with E-state index in [1.54, 1.807) is 12.4 Å². The zero-order chi connectivity index (χ0) is 9.52. The molecule has 1 rings (SSSR count). The molecule has 13 heavy (non-hydrogen) atoms. The number of imidazole rings is 1. The van der Waals surface area contributed by atoms with E-state index in [2.05, 4.69) is 20.0 Å². The first-order valence-electron chi connectivity index (χ1n) is 3.82. The Hall–Kier alpha value is -1.56. The molecule has 0 fully saturated rings. The second-order valence-electron chi connectivity index (χ2n) is 2.25. The number of hydrogen-bond donors (Lipinski definition) is 3. The van der Waals surface area contributed by atoms with Gasteiger partial charge in [0.15, 0.2) is 0 Å². The van der Waals surface area contributed by atoms with Gasteiger partial charge in [-0.2, -0.15) is 0 Å². The van der Waals surface area contributed by atoms with E-state index in [0.29, 0.717) is 5.82 Å². The number of aromatic amines is 1. The number of aromatic nitrogens is 2. The summed E-state index contributed by atoms with van der Waals surface area (Å²) in [5.74, 6) is 0.654. The van der Waals surface area contributed by atoms with Gasteiger partial charge in [0.05, 0.1) is 13.2 Å². The number of amides is 1. The SMILES string of the molecule is O=C(NCc1ncc[nH]1)OCCO. The van der Waals surface area contributed by atoms with Gasteiger partial charge in [-0.25, -0.2) is 9.78 Å². The molecular weight excluding hydrogens is 174 g/mol. The van der Waals surface area contributed by atoms with Crippen LogP contribution in [0.15, 0.2) is 12.4 Å². The number of carbonyl (C=O) groups excluding carboxylic acids is 1. The van der Waals surface area contributed by atoms with Crippen molar-refractivity contribution in [2.24, 2.45) is 0 Å². The smallest absolute Gasteiger partial charge is 0.407 e. The van der Waals surface area contributed by atoms with E-state index in [0.717, 1.165) is 0 Å². The molecule has 0 spiro atoms. The minimum absolute atomic E-state index is 0.00396. The molecule has 0 aliphatic rings. The second kappa shape index (κ2) is 5.15. The Morgan fingerprint density at radius 1 is 1.77 bits per heavy atom. The zero-order valence-corrected chi connectivity index (χ0v) is 6.99. The van der Waals surface area contributed by atoms with Crippen LogP contribution in [0.2, 0.25) is 0 Å². The molecule has 1 aromatic rings. The molecule has 3 N–H and O–H groups in total. The third-order valence-electron chi connectivity index (χ3n) is 1.28. The molecule has 0 saturated carbocycles. The number of nitrogens with one attached hydrogen (secondary N) is 2. The van der Waals surface area contributed by atoms with Crippen molar-refractivity contribution in [2.45, 2.75) is 6.54 Å². The first-order valence-corrected chi connectivity index (χ1v) is 3.82. The van der Waals surface area contributed by atoms with Crippen molar-refractivity contribution < 1.29 is 14.6 Å². The topological polar surface area (TPSA) is 87.2 Å². The summed E-state index contributed by atoms with van der Waals surface area (Å²) in [6.07, 6.45) is 2.69. The van der Waals surface area contributed by atoms with Crippen LogP contribution in [0.25, 0.3) is 0 Å². The van der Waals surface area contributed by atoms with Gasteiger partial charge in [0.2, 0.25) is 0 Å². The number of carbonyl (C=O) groups is 1. The Morgan fingerprint density at radius 2 is 2.62 bits per heavy atom. The lowest BCUT2D eigenvalue weighted by Crippen LogP contribution is -2.25. The van der Waals surface area contributed by atoms with Crippen molar-refractivity contribution in [3.8, 4) is 0 Å². The predicted octanol–water partition coefficient (Wildman–Crippen LogP) is -0.372. The lowest BCUT2D eigenvalue weighted by Gasteiger charge is -2.03. The molecular formula is C7H11N3O3. The maximum atomic E-state index is 10.8. The Kier molecular flexibility index (Phi) is 3.77. The quantitative estimate of drug-likeness (QED) is 0.597. The molecule has 6 nitrogen and oxygen atoms in total. The van der Waals surface area contributed by atoms with Crippen molar-refractivity contribution in [3.63, 3.8) is 0 Å². The number of alkyl carbamates (subject to hydrolysis) is 1. The monoisotopic (exact) mass is 185 g/mol. The molecule has 0 unspecified atom stereocenters. The largest absolute Gasteiger partial charge is 0.447 e. The van der Waals surface area contributed by atoms with E-state index in [-0.39, 0.29) is 19.8 Å². The minimum atomic E-state index is -0.564. The minimum Gasteiger partial charge on any atom is -0.447 e. The Balaban J connectivity index is 2.15. The third kappa shape index (κ3) is 3.57. The normalized spacial score (nSPS) is 9.62. The highest BCUT2D eigenvalue weighted by molar-refractivity contribution is 5.66. The summed E-state index contributed by atoms with van der Waals surface area (Å²) in [6, 6.07) is 0. The summed E-state index contributed by atoms with van der Waals surface area (Å²) < 4.78 is 4.55. The summed E-state index contributed by atoms with van der Waals surface area (Å²) in [4.78, 5) is 17.5. The van der Waals surface area contributed by atoms with Crippen molar-refractivity contribution >= 4 is 6.09 Å². The number of aliphatic hydroxyl groups excluding tert-OH is 1. The highest BCUT2D eigenvalue weighted by Crippen LogP contribution is 1.87. The maximum absolute atomic E-state index is 10.8. The van der Waals surface area contributed by atoms with Crippen molar-refractivity contribution in [1.82, 2.24) is 15.3 Å². The van der Waals surface area contributed by atoms with Gasteiger partial charge in [-0.15, -0.1) is 0 Å². The maximum Gasteiger partial charge on any atom is 0.407 e. The fraction of sp³-hybridized carbons (Fsp3) is 0.429. The number of H-pyrrole nitrogens is 1.